The van der Waals surface area contributed by atoms with Gasteiger partial charge in [0.25, 0.3) is 0 Å². The first-order chi connectivity index (χ1) is 10.3. The molecule has 0 amide bonds. The van der Waals surface area contributed by atoms with Crippen LogP contribution >= 0.6 is 0 Å². The summed E-state index contributed by atoms with van der Waals surface area (Å²) in [4.78, 5) is 4.36. The van der Waals surface area contributed by atoms with Crippen LogP contribution in [0.2, 0.25) is 0 Å². The van der Waals surface area contributed by atoms with Crippen molar-refractivity contribution in [2.45, 2.75) is 19.4 Å². The van der Waals surface area contributed by atoms with Gasteiger partial charge in [-0.2, -0.15) is 0 Å². The lowest BCUT2D eigenvalue weighted by Gasteiger charge is -2.11. The molecule has 0 spiro atoms. The minimum atomic E-state index is 0.495. The summed E-state index contributed by atoms with van der Waals surface area (Å²) in [6, 6.07) is 17.7. The van der Waals surface area contributed by atoms with Crippen LogP contribution in [0.4, 0.5) is 0 Å². The number of benzene rings is 2. The van der Waals surface area contributed by atoms with Gasteiger partial charge in [-0.3, -0.25) is 4.98 Å². The van der Waals surface area contributed by atoms with Crippen molar-refractivity contribution in [1.29, 1.82) is 0 Å². The molecule has 0 radical (unpaired) electrons. The van der Waals surface area contributed by atoms with E-state index in [1.807, 2.05) is 19.4 Å². The maximum absolute atomic E-state index is 4.36. The highest BCUT2D eigenvalue weighted by atomic mass is 14.8. The van der Waals surface area contributed by atoms with Crippen LogP contribution in [0.5, 0.6) is 0 Å². The third-order valence-corrected chi connectivity index (χ3v) is 3.97. The van der Waals surface area contributed by atoms with Gasteiger partial charge in [-0.25, -0.2) is 0 Å². The number of fused-ring (bicyclic) bond motifs is 1. The largest absolute Gasteiger partial charge is 0.317 e. The first-order valence-electron chi connectivity index (χ1n) is 7.37. The lowest BCUT2D eigenvalue weighted by molar-refractivity contribution is 0.608. The highest BCUT2D eigenvalue weighted by Gasteiger charge is 2.05. The van der Waals surface area contributed by atoms with E-state index in [1.54, 1.807) is 0 Å². The molecule has 1 aromatic heterocycles. The van der Waals surface area contributed by atoms with Gasteiger partial charge in [-0.1, -0.05) is 48.5 Å². The molecule has 1 atom stereocenters. The van der Waals surface area contributed by atoms with E-state index in [1.165, 1.54) is 27.5 Å². The Morgan fingerprint density at radius 1 is 1.00 bits per heavy atom. The monoisotopic (exact) mass is 276 g/mol. The molecule has 1 N–H and O–H groups in total. The molecule has 2 aromatic carbocycles. The van der Waals surface area contributed by atoms with Gasteiger partial charge in [0, 0.05) is 29.4 Å². The zero-order chi connectivity index (χ0) is 14.7. The van der Waals surface area contributed by atoms with Crippen molar-refractivity contribution in [2.75, 3.05) is 7.05 Å². The van der Waals surface area contributed by atoms with E-state index in [9.17, 15) is 0 Å². The lowest BCUT2D eigenvalue weighted by Crippen LogP contribution is -2.23. The minimum Gasteiger partial charge on any atom is -0.317 e. The molecule has 2 nitrogen and oxygen atoms in total. The van der Waals surface area contributed by atoms with Crippen molar-refractivity contribution in [3.63, 3.8) is 0 Å². The Morgan fingerprint density at radius 3 is 2.52 bits per heavy atom. The van der Waals surface area contributed by atoms with Crippen molar-refractivity contribution in [3.05, 3.63) is 66.5 Å². The van der Waals surface area contributed by atoms with Crippen LogP contribution in [-0.2, 0) is 6.42 Å². The number of aromatic nitrogens is 1. The molecule has 3 aromatic rings. The number of hydrogen-bond donors (Lipinski definition) is 1. The van der Waals surface area contributed by atoms with E-state index >= 15 is 0 Å². The summed E-state index contributed by atoms with van der Waals surface area (Å²) in [7, 11) is 2.00. The van der Waals surface area contributed by atoms with Crippen molar-refractivity contribution in [1.82, 2.24) is 10.3 Å². The average molecular weight is 276 g/mol. The molecule has 1 heterocycles. The molecule has 3 rings (SSSR count). The summed E-state index contributed by atoms with van der Waals surface area (Å²) in [5.41, 5.74) is 3.77. The maximum Gasteiger partial charge on any atom is 0.0352 e. The first kappa shape index (κ1) is 13.8. The van der Waals surface area contributed by atoms with Crippen LogP contribution in [0.3, 0.4) is 0 Å². The van der Waals surface area contributed by atoms with Gasteiger partial charge >= 0.3 is 0 Å². The summed E-state index contributed by atoms with van der Waals surface area (Å²) >= 11 is 0. The predicted molar refractivity (Wildman–Crippen MR) is 89.4 cm³/mol. The van der Waals surface area contributed by atoms with Gasteiger partial charge < -0.3 is 5.32 Å². The SMILES string of the molecule is CNC(C)Cc1ccc(-c2cncc3ccccc23)cc1. The second-order valence-corrected chi connectivity index (χ2v) is 5.50. The van der Waals surface area contributed by atoms with E-state index in [0.717, 1.165) is 6.42 Å². The molecule has 106 valence electrons. The van der Waals surface area contributed by atoms with Crippen LogP contribution in [-0.4, -0.2) is 18.1 Å². The summed E-state index contributed by atoms with van der Waals surface area (Å²) in [6.45, 7) is 2.20. The van der Waals surface area contributed by atoms with Gasteiger partial charge in [0.1, 0.15) is 0 Å². The fraction of sp³-hybridized carbons (Fsp3) is 0.211. The second kappa shape index (κ2) is 6.06. The number of hydrogen-bond acceptors (Lipinski definition) is 2. The zero-order valence-electron chi connectivity index (χ0n) is 12.5. The summed E-state index contributed by atoms with van der Waals surface area (Å²) in [5.74, 6) is 0. The highest BCUT2D eigenvalue weighted by molar-refractivity contribution is 5.95. The van der Waals surface area contributed by atoms with Crippen molar-refractivity contribution in [3.8, 4) is 11.1 Å². The molecular weight excluding hydrogens is 256 g/mol. The smallest absolute Gasteiger partial charge is 0.0352 e. The Kier molecular flexibility index (Phi) is 3.98. The molecular formula is C19H20N2. The Morgan fingerprint density at radius 2 is 1.76 bits per heavy atom. The Hall–Kier alpha value is -2.19. The van der Waals surface area contributed by atoms with E-state index in [4.69, 9.17) is 0 Å². The van der Waals surface area contributed by atoms with Crippen LogP contribution < -0.4 is 5.32 Å². The molecule has 0 aliphatic rings. The highest BCUT2D eigenvalue weighted by Crippen LogP contribution is 2.27. The normalized spacial score (nSPS) is 12.5. The Bertz CT molecular complexity index is 727. The van der Waals surface area contributed by atoms with E-state index in [2.05, 4.69) is 65.8 Å². The third-order valence-electron chi connectivity index (χ3n) is 3.97. The molecule has 0 aliphatic carbocycles. The summed E-state index contributed by atoms with van der Waals surface area (Å²) < 4.78 is 0. The maximum atomic E-state index is 4.36. The van der Waals surface area contributed by atoms with Gasteiger partial charge in [0.15, 0.2) is 0 Å². The molecule has 0 saturated heterocycles. The minimum absolute atomic E-state index is 0.495. The van der Waals surface area contributed by atoms with Crippen LogP contribution in [0.1, 0.15) is 12.5 Å². The van der Waals surface area contributed by atoms with E-state index in [-0.39, 0.29) is 0 Å². The number of nitrogens with one attached hydrogen (secondary N) is 1. The number of rotatable bonds is 4. The number of nitrogens with zero attached hydrogens (tertiary/aromatic N) is 1. The number of pyridine rings is 1. The summed E-state index contributed by atoms with van der Waals surface area (Å²) in [5, 5.41) is 5.71. The Labute approximate surface area is 125 Å². The lowest BCUT2D eigenvalue weighted by atomic mass is 9.98. The quantitative estimate of drug-likeness (QED) is 0.777. The van der Waals surface area contributed by atoms with Gasteiger partial charge in [0.2, 0.25) is 0 Å². The zero-order valence-corrected chi connectivity index (χ0v) is 12.5. The topological polar surface area (TPSA) is 24.9 Å². The van der Waals surface area contributed by atoms with Gasteiger partial charge in [0.05, 0.1) is 0 Å². The fourth-order valence-electron chi connectivity index (χ4n) is 2.62. The molecule has 0 fully saturated rings. The third kappa shape index (κ3) is 2.96. The van der Waals surface area contributed by atoms with Crippen molar-refractivity contribution < 1.29 is 0 Å². The van der Waals surface area contributed by atoms with E-state index < -0.39 is 0 Å². The predicted octanol–water partition coefficient (Wildman–Crippen LogP) is 4.05. The van der Waals surface area contributed by atoms with Crippen LogP contribution in [0, 0.1) is 0 Å². The van der Waals surface area contributed by atoms with Crippen LogP contribution in [0.25, 0.3) is 21.9 Å². The molecule has 1 unspecified atom stereocenters. The van der Waals surface area contributed by atoms with Gasteiger partial charge in [-0.15, -0.1) is 0 Å². The molecule has 21 heavy (non-hydrogen) atoms. The van der Waals surface area contributed by atoms with Crippen molar-refractivity contribution >= 4 is 10.8 Å². The number of likely N-dealkylation sites (N-methyl/N-ethyl adjacent to an activating group) is 1. The standard InChI is InChI=1S/C19H20N2/c1-14(20-2)11-15-7-9-16(10-8-15)19-13-21-12-17-5-3-4-6-18(17)19/h3-10,12-14,20H,11H2,1-2H3. The molecule has 0 aliphatic heterocycles. The molecule has 2 heteroatoms. The summed E-state index contributed by atoms with van der Waals surface area (Å²) in [6.07, 6.45) is 4.92. The average Bonchev–Trinajstić information content (AvgIpc) is 2.55. The van der Waals surface area contributed by atoms with Crippen molar-refractivity contribution in [2.24, 2.45) is 0 Å². The Balaban J connectivity index is 1.96. The van der Waals surface area contributed by atoms with Gasteiger partial charge in [-0.05, 0) is 36.9 Å². The van der Waals surface area contributed by atoms with E-state index in [0.29, 0.717) is 6.04 Å². The van der Waals surface area contributed by atoms with Crippen LogP contribution in [0.15, 0.2) is 60.9 Å². The second-order valence-electron chi connectivity index (χ2n) is 5.50. The molecule has 0 bridgehead atoms. The fourth-order valence-corrected chi connectivity index (χ4v) is 2.62. The first-order valence-corrected chi connectivity index (χ1v) is 7.37. The molecule has 0 saturated carbocycles.